The molecule has 0 fully saturated rings. The van der Waals surface area contributed by atoms with Gasteiger partial charge >= 0.3 is 5.97 Å². The van der Waals surface area contributed by atoms with E-state index in [0.717, 1.165) is 12.2 Å². The Balaban J connectivity index is 2.43. The Morgan fingerprint density at radius 3 is 2.50 bits per heavy atom. The SMILES string of the molecule is CCOCCCN(CC(C)C(=O)OC)C(=O)CCCOc1ccccc1. The molecule has 1 atom stereocenters. The molecule has 0 saturated carbocycles. The molecule has 26 heavy (non-hydrogen) atoms. The number of methoxy groups -OCH3 is 1. The summed E-state index contributed by atoms with van der Waals surface area (Å²) in [4.78, 5) is 25.9. The van der Waals surface area contributed by atoms with E-state index in [2.05, 4.69) is 0 Å². The first kappa shape index (κ1) is 22.0. The van der Waals surface area contributed by atoms with Crippen molar-refractivity contribution in [3.05, 3.63) is 30.3 Å². The second-order valence-electron chi connectivity index (χ2n) is 6.08. The third-order valence-electron chi connectivity index (χ3n) is 3.92. The number of amides is 1. The van der Waals surface area contributed by atoms with E-state index >= 15 is 0 Å². The van der Waals surface area contributed by atoms with E-state index in [-0.39, 0.29) is 17.8 Å². The van der Waals surface area contributed by atoms with Crippen molar-refractivity contribution in [1.29, 1.82) is 0 Å². The predicted molar refractivity (Wildman–Crippen MR) is 100 cm³/mol. The van der Waals surface area contributed by atoms with E-state index in [1.54, 1.807) is 11.8 Å². The molecule has 0 spiro atoms. The molecule has 1 unspecified atom stereocenters. The van der Waals surface area contributed by atoms with Crippen molar-refractivity contribution >= 4 is 11.9 Å². The molecule has 6 nitrogen and oxygen atoms in total. The molecule has 0 aliphatic carbocycles. The average Bonchev–Trinajstić information content (AvgIpc) is 2.67. The maximum atomic E-state index is 12.5. The summed E-state index contributed by atoms with van der Waals surface area (Å²) >= 11 is 0. The first-order chi connectivity index (χ1) is 12.6. The minimum atomic E-state index is -0.350. The second-order valence-corrected chi connectivity index (χ2v) is 6.08. The van der Waals surface area contributed by atoms with Crippen LogP contribution in [0.3, 0.4) is 0 Å². The average molecular weight is 365 g/mol. The van der Waals surface area contributed by atoms with E-state index in [4.69, 9.17) is 14.2 Å². The summed E-state index contributed by atoms with van der Waals surface area (Å²) in [6, 6.07) is 9.53. The second kappa shape index (κ2) is 13.2. The molecule has 0 aliphatic heterocycles. The monoisotopic (exact) mass is 365 g/mol. The zero-order chi connectivity index (χ0) is 19.2. The number of ether oxygens (including phenoxy) is 3. The molecule has 1 amide bonds. The Bertz CT molecular complexity index is 520. The zero-order valence-electron chi connectivity index (χ0n) is 16.1. The van der Waals surface area contributed by atoms with Crippen LogP contribution in [0.15, 0.2) is 30.3 Å². The summed E-state index contributed by atoms with van der Waals surface area (Å²) in [5.41, 5.74) is 0. The number of benzene rings is 1. The van der Waals surface area contributed by atoms with Crippen molar-refractivity contribution in [3.63, 3.8) is 0 Å². The topological polar surface area (TPSA) is 65.1 Å². The first-order valence-corrected chi connectivity index (χ1v) is 9.19. The first-order valence-electron chi connectivity index (χ1n) is 9.19. The molecule has 0 saturated heterocycles. The highest BCUT2D eigenvalue weighted by atomic mass is 16.5. The van der Waals surface area contributed by atoms with Crippen LogP contribution in [0.4, 0.5) is 0 Å². The van der Waals surface area contributed by atoms with Gasteiger partial charge in [-0.3, -0.25) is 9.59 Å². The fourth-order valence-corrected chi connectivity index (χ4v) is 2.51. The molecular formula is C20H31NO5. The van der Waals surface area contributed by atoms with E-state index < -0.39 is 0 Å². The quantitative estimate of drug-likeness (QED) is 0.397. The zero-order valence-corrected chi connectivity index (χ0v) is 16.1. The molecule has 1 rings (SSSR count). The number of para-hydroxylation sites is 1. The van der Waals surface area contributed by atoms with Crippen molar-refractivity contribution in [2.45, 2.75) is 33.1 Å². The van der Waals surface area contributed by atoms with Gasteiger partial charge in [-0.2, -0.15) is 0 Å². The number of esters is 1. The number of rotatable bonds is 13. The summed E-state index contributed by atoms with van der Waals surface area (Å²) in [6.45, 7) is 6.38. The molecule has 1 aromatic rings. The lowest BCUT2D eigenvalue weighted by Crippen LogP contribution is -2.38. The van der Waals surface area contributed by atoms with Gasteiger partial charge in [-0.1, -0.05) is 25.1 Å². The minimum absolute atomic E-state index is 0.0221. The Morgan fingerprint density at radius 1 is 1.12 bits per heavy atom. The van der Waals surface area contributed by atoms with Crippen LogP contribution < -0.4 is 4.74 Å². The van der Waals surface area contributed by atoms with Crippen LogP contribution in [-0.4, -0.2) is 56.8 Å². The Kier molecular flexibility index (Phi) is 11.1. The Labute approximate surface area is 156 Å². The van der Waals surface area contributed by atoms with Crippen molar-refractivity contribution in [1.82, 2.24) is 4.90 Å². The lowest BCUT2D eigenvalue weighted by Gasteiger charge is -2.25. The highest BCUT2D eigenvalue weighted by Crippen LogP contribution is 2.10. The minimum Gasteiger partial charge on any atom is -0.494 e. The summed E-state index contributed by atoms with van der Waals surface area (Å²) in [7, 11) is 1.36. The van der Waals surface area contributed by atoms with Gasteiger partial charge in [0, 0.05) is 32.7 Å². The molecule has 0 aromatic heterocycles. The van der Waals surface area contributed by atoms with E-state index in [1.165, 1.54) is 7.11 Å². The molecule has 6 heteroatoms. The van der Waals surface area contributed by atoms with Gasteiger partial charge in [-0.25, -0.2) is 0 Å². The van der Waals surface area contributed by atoms with Crippen molar-refractivity contribution in [2.75, 3.05) is 40.0 Å². The van der Waals surface area contributed by atoms with Gasteiger partial charge in [0.1, 0.15) is 5.75 Å². The number of hydrogen-bond donors (Lipinski definition) is 0. The fourth-order valence-electron chi connectivity index (χ4n) is 2.51. The van der Waals surface area contributed by atoms with E-state index in [9.17, 15) is 9.59 Å². The Hall–Kier alpha value is -2.08. The van der Waals surface area contributed by atoms with Gasteiger partial charge in [0.05, 0.1) is 19.6 Å². The van der Waals surface area contributed by atoms with Crippen LogP contribution in [0.2, 0.25) is 0 Å². The number of carbonyl (C=O) groups is 2. The largest absolute Gasteiger partial charge is 0.494 e. The van der Waals surface area contributed by atoms with Gasteiger partial charge in [-0.05, 0) is 31.9 Å². The summed E-state index contributed by atoms with van der Waals surface area (Å²) < 4.78 is 15.7. The summed E-state index contributed by atoms with van der Waals surface area (Å²) in [5.74, 6) is 0.165. The molecular weight excluding hydrogens is 334 g/mol. The van der Waals surface area contributed by atoms with Crippen molar-refractivity contribution < 1.29 is 23.8 Å². The fraction of sp³-hybridized carbons (Fsp3) is 0.600. The van der Waals surface area contributed by atoms with Crippen LogP contribution in [-0.2, 0) is 19.1 Å². The standard InChI is InChI=1S/C20H31NO5/c1-4-25-14-9-13-21(16-17(2)20(23)24-3)19(22)12-8-15-26-18-10-6-5-7-11-18/h5-7,10-11,17H,4,8-9,12-16H2,1-3H3. The molecule has 1 aromatic carbocycles. The van der Waals surface area contributed by atoms with E-state index in [0.29, 0.717) is 45.8 Å². The molecule has 0 radical (unpaired) electrons. The third kappa shape index (κ3) is 8.85. The molecule has 0 aliphatic rings. The van der Waals surface area contributed by atoms with E-state index in [1.807, 2.05) is 37.3 Å². The number of hydrogen-bond acceptors (Lipinski definition) is 5. The summed E-state index contributed by atoms with van der Waals surface area (Å²) in [6.07, 6.45) is 1.76. The highest BCUT2D eigenvalue weighted by Gasteiger charge is 2.21. The highest BCUT2D eigenvalue weighted by molar-refractivity contribution is 5.78. The molecule has 0 bridgehead atoms. The number of nitrogens with zero attached hydrogens (tertiary/aromatic N) is 1. The van der Waals surface area contributed by atoms with Crippen LogP contribution in [0.1, 0.15) is 33.1 Å². The third-order valence-corrected chi connectivity index (χ3v) is 3.92. The predicted octanol–water partition coefficient (Wildman–Crippen LogP) is 2.91. The van der Waals surface area contributed by atoms with Crippen LogP contribution >= 0.6 is 0 Å². The van der Waals surface area contributed by atoms with Crippen molar-refractivity contribution in [2.24, 2.45) is 5.92 Å². The molecule has 0 N–H and O–H groups in total. The van der Waals surface area contributed by atoms with Crippen LogP contribution in [0, 0.1) is 5.92 Å². The van der Waals surface area contributed by atoms with Gasteiger partial charge in [0.25, 0.3) is 0 Å². The molecule has 146 valence electrons. The van der Waals surface area contributed by atoms with Crippen LogP contribution in [0.25, 0.3) is 0 Å². The lowest BCUT2D eigenvalue weighted by atomic mass is 10.1. The van der Waals surface area contributed by atoms with Gasteiger partial charge < -0.3 is 19.1 Å². The van der Waals surface area contributed by atoms with Crippen molar-refractivity contribution in [3.8, 4) is 5.75 Å². The number of carbonyl (C=O) groups excluding carboxylic acids is 2. The van der Waals surface area contributed by atoms with Gasteiger partial charge in [-0.15, -0.1) is 0 Å². The smallest absolute Gasteiger partial charge is 0.310 e. The van der Waals surface area contributed by atoms with Gasteiger partial charge in [0.2, 0.25) is 5.91 Å². The van der Waals surface area contributed by atoms with Crippen LogP contribution in [0.5, 0.6) is 5.75 Å². The summed E-state index contributed by atoms with van der Waals surface area (Å²) in [5, 5.41) is 0. The molecule has 0 heterocycles. The van der Waals surface area contributed by atoms with Gasteiger partial charge in [0.15, 0.2) is 0 Å². The lowest BCUT2D eigenvalue weighted by molar-refractivity contribution is -0.146. The normalized spacial score (nSPS) is 11.7. The maximum Gasteiger partial charge on any atom is 0.310 e. The maximum absolute atomic E-state index is 12.5. The Morgan fingerprint density at radius 2 is 1.85 bits per heavy atom.